The Morgan fingerprint density at radius 3 is 2.09 bits per heavy atom. The van der Waals surface area contributed by atoms with E-state index in [4.69, 9.17) is 0 Å². The van der Waals surface area contributed by atoms with Crippen molar-refractivity contribution in [3.63, 3.8) is 0 Å². The van der Waals surface area contributed by atoms with Gasteiger partial charge in [-0.3, -0.25) is 9.97 Å². The number of aryl methyl sites for hydroxylation is 1. The Bertz CT molecular complexity index is 537. The van der Waals surface area contributed by atoms with Crippen LogP contribution in [0.1, 0.15) is 70.3 Å². The third-order valence-corrected chi connectivity index (χ3v) is 4.35. The summed E-state index contributed by atoms with van der Waals surface area (Å²) in [6.45, 7) is 2.28. The van der Waals surface area contributed by atoms with Gasteiger partial charge in [0.25, 0.3) is 0 Å². The number of nitrogens with zero attached hydrogens (tertiary/aromatic N) is 2. The van der Waals surface area contributed by atoms with Crippen LogP contribution in [0.5, 0.6) is 0 Å². The van der Waals surface area contributed by atoms with E-state index < -0.39 is 0 Å². The molecular weight excluding hydrogens is 280 g/mol. The zero-order chi connectivity index (χ0) is 16.2. The predicted octanol–water partition coefficient (Wildman–Crippen LogP) is 6.22. The summed E-state index contributed by atoms with van der Waals surface area (Å²) in [6.07, 6.45) is 17.1. The van der Waals surface area contributed by atoms with Gasteiger partial charge in [-0.05, 0) is 36.6 Å². The Balaban J connectivity index is 1.70. The van der Waals surface area contributed by atoms with Gasteiger partial charge in [-0.2, -0.15) is 0 Å². The summed E-state index contributed by atoms with van der Waals surface area (Å²) < 4.78 is 0. The van der Waals surface area contributed by atoms with Crippen molar-refractivity contribution in [1.82, 2.24) is 9.97 Å². The first-order valence-electron chi connectivity index (χ1n) is 9.27. The maximum atomic E-state index is 4.54. The Labute approximate surface area is 141 Å². The molecule has 2 nitrogen and oxygen atoms in total. The Kier molecular flexibility index (Phi) is 8.39. The smallest absolute Gasteiger partial charge is 0.0918 e. The first-order valence-corrected chi connectivity index (χ1v) is 9.27. The topological polar surface area (TPSA) is 25.8 Å². The van der Waals surface area contributed by atoms with Crippen LogP contribution >= 0.6 is 0 Å². The third kappa shape index (κ3) is 6.52. The van der Waals surface area contributed by atoms with Crippen molar-refractivity contribution in [3.8, 4) is 11.4 Å². The molecule has 0 aliphatic carbocycles. The molecule has 0 unspecified atom stereocenters. The van der Waals surface area contributed by atoms with Gasteiger partial charge >= 0.3 is 0 Å². The summed E-state index contributed by atoms with van der Waals surface area (Å²) in [7, 11) is 0. The molecule has 2 rings (SSSR count). The van der Waals surface area contributed by atoms with Gasteiger partial charge in [0.15, 0.2) is 0 Å². The van der Waals surface area contributed by atoms with Gasteiger partial charge in [-0.15, -0.1) is 0 Å². The minimum absolute atomic E-state index is 0.985. The van der Waals surface area contributed by atoms with E-state index in [1.54, 1.807) is 0 Å². The summed E-state index contributed by atoms with van der Waals surface area (Å²) in [5.41, 5.74) is 3.36. The number of hydrogen-bond acceptors (Lipinski definition) is 2. The Hall–Kier alpha value is -1.70. The van der Waals surface area contributed by atoms with E-state index in [0.717, 1.165) is 17.8 Å². The van der Waals surface area contributed by atoms with Gasteiger partial charge in [-0.1, -0.05) is 70.4 Å². The lowest BCUT2D eigenvalue weighted by molar-refractivity contribution is 0.565. The minimum Gasteiger partial charge on any atom is -0.255 e. The van der Waals surface area contributed by atoms with Crippen molar-refractivity contribution < 1.29 is 0 Å². The summed E-state index contributed by atoms with van der Waals surface area (Å²) >= 11 is 0. The van der Waals surface area contributed by atoms with Crippen LogP contribution in [0.2, 0.25) is 0 Å². The molecule has 0 N–H and O–H groups in total. The van der Waals surface area contributed by atoms with Crippen LogP contribution in [0.3, 0.4) is 0 Å². The number of pyridine rings is 2. The van der Waals surface area contributed by atoms with Gasteiger partial charge in [-0.25, -0.2) is 0 Å². The third-order valence-electron chi connectivity index (χ3n) is 4.35. The molecule has 0 saturated carbocycles. The molecular formula is C21H30N2. The lowest BCUT2D eigenvalue weighted by atomic mass is 10.0. The van der Waals surface area contributed by atoms with E-state index in [1.807, 2.05) is 36.7 Å². The molecule has 0 amide bonds. The fraction of sp³-hybridized carbons (Fsp3) is 0.524. The Morgan fingerprint density at radius 2 is 1.39 bits per heavy atom. The molecule has 0 aromatic carbocycles. The van der Waals surface area contributed by atoms with Crippen molar-refractivity contribution in [1.29, 1.82) is 0 Å². The maximum absolute atomic E-state index is 4.54. The van der Waals surface area contributed by atoms with Crippen molar-refractivity contribution in [2.24, 2.45) is 0 Å². The average Bonchev–Trinajstić information content (AvgIpc) is 2.61. The van der Waals surface area contributed by atoms with E-state index in [1.165, 1.54) is 63.4 Å². The van der Waals surface area contributed by atoms with E-state index in [0.29, 0.717) is 0 Å². The monoisotopic (exact) mass is 310 g/mol. The van der Waals surface area contributed by atoms with Gasteiger partial charge in [0.2, 0.25) is 0 Å². The van der Waals surface area contributed by atoms with Gasteiger partial charge in [0.05, 0.1) is 11.4 Å². The molecule has 0 spiro atoms. The molecule has 2 aromatic heterocycles. The van der Waals surface area contributed by atoms with Crippen LogP contribution in [-0.4, -0.2) is 9.97 Å². The quantitative estimate of drug-likeness (QED) is 0.461. The highest BCUT2D eigenvalue weighted by molar-refractivity contribution is 5.58. The van der Waals surface area contributed by atoms with Crippen molar-refractivity contribution in [3.05, 3.63) is 48.3 Å². The van der Waals surface area contributed by atoms with Gasteiger partial charge in [0.1, 0.15) is 0 Å². The second-order valence-electron chi connectivity index (χ2n) is 6.30. The van der Waals surface area contributed by atoms with E-state index in [-0.39, 0.29) is 0 Å². The molecule has 0 aliphatic rings. The average molecular weight is 310 g/mol. The van der Waals surface area contributed by atoms with Crippen LogP contribution < -0.4 is 0 Å². The molecule has 0 atom stereocenters. The molecule has 23 heavy (non-hydrogen) atoms. The highest BCUT2D eigenvalue weighted by Crippen LogP contribution is 2.21. The standard InChI is InChI=1S/C21H30N2/c1-2-3-4-5-6-7-8-9-10-14-19-15-13-18-23-21(19)20-16-11-12-17-22-20/h11-13,15-18H,2-10,14H2,1H3. The van der Waals surface area contributed by atoms with E-state index >= 15 is 0 Å². The molecule has 2 heteroatoms. The van der Waals surface area contributed by atoms with Crippen molar-refractivity contribution in [2.75, 3.05) is 0 Å². The lowest BCUT2D eigenvalue weighted by Gasteiger charge is -2.08. The predicted molar refractivity (Wildman–Crippen MR) is 98.4 cm³/mol. The fourth-order valence-corrected chi connectivity index (χ4v) is 3.00. The highest BCUT2D eigenvalue weighted by Gasteiger charge is 2.06. The summed E-state index contributed by atoms with van der Waals surface area (Å²) in [5.74, 6) is 0. The van der Waals surface area contributed by atoms with E-state index in [2.05, 4.69) is 23.0 Å². The lowest BCUT2D eigenvalue weighted by Crippen LogP contribution is -1.95. The zero-order valence-electron chi connectivity index (χ0n) is 14.5. The Morgan fingerprint density at radius 1 is 0.696 bits per heavy atom. The molecule has 2 aromatic rings. The minimum atomic E-state index is 0.985. The van der Waals surface area contributed by atoms with Crippen LogP contribution in [0, 0.1) is 0 Å². The number of rotatable bonds is 11. The molecule has 2 heterocycles. The van der Waals surface area contributed by atoms with Crippen molar-refractivity contribution >= 4 is 0 Å². The molecule has 0 saturated heterocycles. The van der Waals surface area contributed by atoms with E-state index in [9.17, 15) is 0 Å². The fourth-order valence-electron chi connectivity index (χ4n) is 3.00. The summed E-state index contributed by atoms with van der Waals surface area (Å²) in [4.78, 5) is 8.98. The van der Waals surface area contributed by atoms with Gasteiger partial charge < -0.3 is 0 Å². The van der Waals surface area contributed by atoms with Gasteiger partial charge in [0, 0.05) is 12.4 Å². The zero-order valence-corrected chi connectivity index (χ0v) is 14.5. The molecule has 0 radical (unpaired) electrons. The molecule has 0 aliphatic heterocycles. The first kappa shape index (κ1) is 17.7. The second kappa shape index (κ2) is 10.9. The van der Waals surface area contributed by atoms with Crippen LogP contribution in [-0.2, 0) is 6.42 Å². The normalized spacial score (nSPS) is 10.8. The number of aromatic nitrogens is 2. The SMILES string of the molecule is CCCCCCCCCCCc1cccnc1-c1ccccn1. The first-order chi connectivity index (χ1) is 11.4. The second-order valence-corrected chi connectivity index (χ2v) is 6.30. The molecule has 124 valence electrons. The van der Waals surface area contributed by atoms with Crippen LogP contribution in [0.15, 0.2) is 42.7 Å². The van der Waals surface area contributed by atoms with Crippen molar-refractivity contribution in [2.45, 2.75) is 71.1 Å². The number of hydrogen-bond donors (Lipinski definition) is 0. The summed E-state index contributed by atoms with van der Waals surface area (Å²) in [5, 5.41) is 0. The largest absolute Gasteiger partial charge is 0.255 e. The highest BCUT2D eigenvalue weighted by atomic mass is 14.8. The molecule has 0 bridgehead atoms. The maximum Gasteiger partial charge on any atom is 0.0918 e. The number of unbranched alkanes of at least 4 members (excludes halogenated alkanes) is 8. The summed E-state index contributed by atoms with van der Waals surface area (Å²) in [6, 6.07) is 10.3. The molecule has 0 fully saturated rings. The van der Waals surface area contributed by atoms with Crippen LogP contribution in [0.4, 0.5) is 0 Å². The van der Waals surface area contributed by atoms with Crippen LogP contribution in [0.25, 0.3) is 11.4 Å².